The smallest absolute Gasteiger partial charge is 0.140 e. The third-order valence-corrected chi connectivity index (χ3v) is 4.80. The summed E-state index contributed by atoms with van der Waals surface area (Å²) in [5.74, 6) is 0.623. The van der Waals surface area contributed by atoms with Gasteiger partial charge >= 0.3 is 0 Å². The van der Waals surface area contributed by atoms with Crippen LogP contribution in [0.2, 0.25) is 0 Å². The molecule has 1 unspecified atom stereocenters. The quantitative estimate of drug-likeness (QED) is 0.630. The van der Waals surface area contributed by atoms with Crippen LogP contribution >= 0.6 is 11.8 Å². The maximum Gasteiger partial charge on any atom is 0.140 e. The average Bonchev–Trinajstić information content (AvgIpc) is 2.82. The first-order valence-corrected chi connectivity index (χ1v) is 8.65. The van der Waals surface area contributed by atoms with Gasteiger partial charge in [0.1, 0.15) is 11.6 Å². The van der Waals surface area contributed by atoms with Crippen LogP contribution in [0.3, 0.4) is 0 Å². The number of hydrogen-bond acceptors (Lipinski definition) is 5. The lowest BCUT2D eigenvalue weighted by atomic mass is 10.1. The Morgan fingerprint density at radius 2 is 2.17 bits per heavy atom. The number of aliphatic hydroxyl groups is 1. The summed E-state index contributed by atoms with van der Waals surface area (Å²) in [7, 11) is 0. The number of amidine groups is 1. The van der Waals surface area contributed by atoms with Gasteiger partial charge in [0.15, 0.2) is 0 Å². The molecule has 0 saturated carbocycles. The molecular formula is C18H25N3OS. The Morgan fingerprint density at radius 1 is 1.48 bits per heavy atom. The summed E-state index contributed by atoms with van der Waals surface area (Å²) in [6, 6.07) is 5.97. The number of thioether (sulfide) groups is 1. The molecule has 2 rings (SSSR count). The normalized spacial score (nSPS) is 19.5. The topological polar surface area (TPSA) is 61.8 Å². The molecule has 1 aliphatic heterocycles. The van der Waals surface area contributed by atoms with Gasteiger partial charge in [0.05, 0.1) is 10.3 Å². The molecule has 0 fully saturated rings. The van der Waals surface area contributed by atoms with E-state index >= 15 is 0 Å². The monoisotopic (exact) mass is 331 g/mol. The third kappa shape index (κ3) is 3.91. The van der Waals surface area contributed by atoms with Crippen LogP contribution in [-0.2, 0) is 0 Å². The number of benzene rings is 1. The number of aliphatic hydroxyl groups excluding tert-OH is 1. The van der Waals surface area contributed by atoms with Gasteiger partial charge in [0.2, 0.25) is 0 Å². The number of nitrogens with zero attached hydrogens (tertiary/aromatic N) is 2. The van der Waals surface area contributed by atoms with Crippen molar-refractivity contribution in [1.29, 1.82) is 0 Å². The van der Waals surface area contributed by atoms with Gasteiger partial charge in [-0.05, 0) is 51.5 Å². The number of aliphatic imine (C=N–C) groups is 1. The summed E-state index contributed by atoms with van der Waals surface area (Å²) in [5, 5.41) is 10.6. The molecule has 1 aliphatic rings. The van der Waals surface area contributed by atoms with Gasteiger partial charge in [-0.1, -0.05) is 23.9 Å². The number of nitrogens with two attached hydrogens (primary N) is 1. The lowest BCUT2D eigenvalue weighted by molar-refractivity contribution is 0.511. The van der Waals surface area contributed by atoms with E-state index in [4.69, 9.17) is 5.73 Å². The summed E-state index contributed by atoms with van der Waals surface area (Å²) >= 11 is 1.48. The molecule has 0 spiro atoms. The largest absolute Gasteiger partial charge is 0.506 e. The molecule has 124 valence electrons. The molecule has 0 radical (unpaired) electrons. The second-order valence-corrected chi connectivity index (χ2v) is 7.21. The molecule has 0 saturated heterocycles. The molecule has 1 atom stereocenters. The van der Waals surface area contributed by atoms with Crippen LogP contribution in [0.15, 0.2) is 40.2 Å². The van der Waals surface area contributed by atoms with Crippen LogP contribution in [0.25, 0.3) is 5.76 Å². The van der Waals surface area contributed by atoms with Gasteiger partial charge in [0, 0.05) is 24.3 Å². The van der Waals surface area contributed by atoms with Gasteiger partial charge in [-0.2, -0.15) is 0 Å². The minimum absolute atomic E-state index is 0.0543. The first-order valence-electron chi connectivity index (χ1n) is 7.77. The molecule has 4 nitrogen and oxygen atoms in total. The molecular weight excluding hydrogens is 306 g/mol. The van der Waals surface area contributed by atoms with Gasteiger partial charge in [-0.15, -0.1) is 0 Å². The Hall–Kier alpha value is -1.88. The van der Waals surface area contributed by atoms with Crippen molar-refractivity contribution in [2.75, 3.05) is 18.0 Å². The Labute approximate surface area is 142 Å². The lowest BCUT2D eigenvalue weighted by Gasteiger charge is -2.25. The van der Waals surface area contributed by atoms with Crippen molar-refractivity contribution in [3.63, 3.8) is 0 Å². The molecule has 3 N–H and O–H groups in total. The molecule has 1 aromatic rings. The lowest BCUT2D eigenvalue weighted by Crippen LogP contribution is -2.25. The Kier molecular flexibility index (Phi) is 5.42. The molecule has 0 bridgehead atoms. The number of hydrogen-bond donors (Lipinski definition) is 2. The maximum absolute atomic E-state index is 10.5. The van der Waals surface area contributed by atoms with Crippen molar-refractivity contribution in [3.8, 4) is 0 Å². The van der Waals surface area contributed by atoms with Crippen molar-refractivity contribution in [1.82, 2.24) is 0 Å². The molecule has 1 heterocycles. The van der Waals surface area contributed by atoms with E-state index in [0.717, 1.165) is 35.5 Å². The van der Waals surface area contributed by atoms with E-state index in [9.17, 15) is 5.11 Å². The number of rotatable bonds is 5. The van der Waals surface area contributed by atoms with E-state index in [2.05, 4.69) is 30.3 Å². The van der Waals surface area contributed by atoms with E-state index in [1.54, 1.807) is 0 Å². The van der Waals surface area contributed by atoms with Crippen LogP contribution in [0.1, 0.15) is 31.9 Å². The predicted octanol–water partition coefficient (Wildman–Crippen LogP) is 4.07. The minimum atomic E-state index is 0.0543. The maximum atomic E-state index is 10.5. The Balaban J connectivity index is 2.34. The van der Waals surface area contributed by atoms with Crippen LogP contribution in [0, 0.1) is 6.92 Å². The van der Waals surface area contributed by atoms with E-state index < -0.39 is 0 Å². The first-order chi connectivity index (χ1) is 10.8. The highest BCUT2D eigenvalue weighted by molar-refractivity contribution is 8.05. The highest BCUT2D eigenvalue weighted by Crippen LogP contribution is 2.35. The molecule has 1 aromatic carbocycles. The van der Waals surface area contributed by atoms with Gasteiger partial charge in [-0.25, -0.2) is 0 Å². The highest BCUT2D eigenvalue weighted by Gasteiger charge is 2.22. The molecule has 5 heteroatoms. The Bertz CT molecular complexity index is 679. The standard InChI is InChI=1S/C18H25N3OS/c1-6-21(10-11(2)3)15-8-7-14(9-12(15)4)16(22)17-18(19)20-13(5)23-17/h7-9,13,22H,2,6,10H2,1,3-5H3,(H2,19,20). The van der Waals surface area contributed by atoms with Crippen molar-refractivity contribution in [2.45, 2.75) is 33.1 Å². The van der Waals surface area contributed by atoms with Crippen LogP contribution in [-0.4, -0.2) is 29.4 Å². The zero-order valence-corrected chi connectivity index (χ0v) is 15.1. The fourth-order valence-corrected chi connectivity index (χ4v) is 3.58. The van der Waals surface area contributed by atoms with Crippen LogP contribution in [0.5, 0.6) is 0 Å². The number of aryl methyl sites for hydroxylation is 1. The Morgan fingerprint density at radius 3 is 2.65 bits per heavy atom. The fraction of sp³-hybridized carbons (Fsp3) is 0.389. The fourth-order valence-electron chi connectivity index (χ4n) is 2.67. The molecule has 0 aromatic heterocycles. The summed E-state index contributed by atoms with van der Waals surface area (Å²) in [5.41, 5.74) is 10.1. The van der Waals surface area contributed by atoms with E-state index in [-0.39, 0.29) is 11.1 Å². The summed E-state index contributed by atoms with van der Waals surface area (Å²) in [4.78, 5) is 7.19. The van der Waals surface area contributed by atoms with Gasteiger partial charge in [0.25, 0.3) is 0 Å². The van der Waals surface area contributed by atoms with Gasteiger partial charge in [-0.3, -0.25) is 4.99 Å². The number of anilines is 1. The zero-order valence-electron chi connectivity index (χ0n) is 14.3. The SMILES string of the molecule is C=C(C)CN(CC)c1ccc(C(O)=C2SC(C)N=C2N)cc1C. The summed E-state index contributed by atoms with van der Waals surface area (Å²) < 4.78 is 0. The van der Waals surface area contributed by atoms with E-state index in [1.807, 2.05) is 32.0 Å². The predicted molar refractivity (Wildman–Crippen MR) is 102 cm³/mol. The van der Waals surface area contributed by atoms with Crippen LogP contribution < -0.4 is 10.6 Å². The van der Waals surface area contributed by atoms with Crippen molar-refractivity contribution >= 4 is 29.0 Å². The third-order valence-electron chi connectivity index (χ3n) is 3.71. The van der Waals surface area contributed by atoms with Crippen molar-refractivity contribution in [2.24, 2.45) is 10.7 Å². The van der Waals surface area contributed by atoms with Crippen molar-refractivity contribution in [3.05, 3.63) is 46.4 Å². The second kappa shape index (κ2) is 7.13. The van der Waals surface area contributed by atoms with E-state index in [1.165, 1.54) is 11.8 Å². The molecule has 0 aliphatic carbocycles. The summed E-state index contributed by atoms with van der Waals surface area (Å²) in [6.07, 6.45) is 0. The first kappa shape index (κ1) is 17.5. The minimum Gasteiger partial charge on any atom is -0.506 e. The molecule has 0 amide bonds. The van der Waals surface area contributed by atoms with Gasteiger partial charge < -0.3 is 15.7 Å². The number of likely N-dealkylation sites (N-methyl/N-ethyl adjacent to an activating group) is 1. The zero-order chi connectivity index (χ0) is 17.1. The van der Waals surface area contributed by atoms with Crippen molar-refractivity contribution < 1.29 is 5.11 Å². The average molecular weight is 331 g/mol. The van der Waals surface area contributed by atoms with E-state index in [0.29, 0.717) is 10.7 Å². The van der Waals surface area contributed by atoms with Crippen LogP contribution in [0.4, 0.5) is 5.69 Å². The second-order valence-electron chi connectivity index (χ2n) is 5.88. The summed E-state index contributed by atoms with van der Waals surface area (Å²) in [6.45, 7) is 13.9. The highest BCUT2D eigenvalue weighted by atomic mass is 32.2. The molecule has 23 heavy (non-hydrogen) atoms.